The number of amides is 1. The van der Waals surface area contributed by atoms with E-state index in [0.717, 1.165) is 5.56 Å². The topological polar surface area (TPSA) is 90.7 Å². The van der Waals surface area contributed by atoms with E-state index in [1.54, 1.807) is 30.3 Å². The summed E-state index contributed by atoms with van der Waals surface area (Å²) in [7, 11) is 0. The van der Waals surface area contributed by atoms with Gasteiger partial charge in [-0.05, 0) is 23.8 Å². The molecule has 114 valence electrons. The average Bonchev–Trinajstić information content (AvgIpc) is 2.46. The number of anilines is 1. The highest BCUT2D eigenvalue weighted by Gasteiger charge is 1.98. The van der Waals surface area contributed by atoms with Gasteiger partial charge in [-0.2, -0.15) is 0 Å². The Labute approximate surface area is 123 Å². The van der Waals surface area contributed by atoms with Gasteiger partial charge >= 0.3 is 5.97 Å². The van der Waals surface area contributed by atoms with Crippen LogP contribution in [-0.2, 0) is 19.1 Å². The molecule has 21 heavy (non-hydrogen) atoms. The van der Waals surface area contributed by atoms with Crippen LogP contribution in [0.3, 0.4) is 0 Å². The first kappa shape index (κ1) is 16.9. The third-order valence-electron chi connectivity index (χ3n) is 2.38. The van der Waals surface area contributed by atoms with Gasteiger partial charge in [0.2, 0.25) is 5.91 Å². The Morgan fingerprint density at radius 3 is 2.52 bits per heavy atom. The van der Waals surface area contributed by atoms with Gasteiger partial charge in [-0.1, -0.05) is 12.1 Å². The molecule has 0 radical (unpaired) electrons. The molecule has 0 heterocycles. The Bertz CT molecular complexity index is 483. The van der Waals surface area contributed by atoms with E-state index in [0.29, 0.717) is 25.4 Å². The van der Waals surface area contributed by atoms with Crippen molar-refractivity contribution in [3.05, 3.63) is 35.9 Å². The molecule has 1 rings (SSSR count). The number of nitrogens with one attached hydrogen (secondary N) is 1. The Hall–Kier alpha value is -2.18. The van der Waals surface area contributed by atoms with Crippen molar-refractivity contribution in [2.75, 3.05) is 31.7 Å². The molecular weight excluding hydrogens is 272 g/mol. The third-order valence-corrected chi connectivity index (χ3v) is 2.38. The number of hydrogen-bond donors (Lipinski definition) is 2. The van der Waals surface area contributed by atoms with E-state index in [1.807, 2.05) is 0 Å². The first-order chi connectivity index (χ1) is 10.1. The Morgan fingerprint density at radius 2 is 1.90 bits per heavy atom. The summed E-state index contributed by atoms with van der Waals surface area (Å²) < 4.78 is 10.0. The molecule has 0 saturated heterocycles. The van der Waals surface area contributed by atoms with Crippen LogP contribution in [0, 0.1) is 0 Å². The van der Waals surface area contributed by atoms with Crippen LogP contribution < -0.4 is 11.1 Å². The van der Waals surface area contributed by atoms with E-state index in [1.165, 1.54) is 13.0 Å². The van der Waals surface area contributed by atoms with Crippen molar-refractivity contribution in [2.24, 2.45) is 5.73 Å². The van der Waals surface area contributed by atoms with Gasteiger partial charge in [0.1, 0.15) is 6.61 Å². The zero-order valence-electron chi connectivity index (χ0n) is 12.0. The van der Waals surface area contributed by atoms with Crippen molar-refractivity contribution in [1.29, 1.82) is 0 Å². The van der Waals surface area contributed by atoms with Crippen molar-refractivity contribution >= 4 is 23.6 Å². The van der Waals surface area contributed by atoms with E-state index in [9.17, 15) is 9.59 Å². The first-order valence-corrected chi connectivity index (χ1v) is 6.62. The van der Waals surface area contributed by atoms with Crippen molar-refractivity contribution in [2.45, 2.75) is 6.92 Å². The third kappa shape index (κ3) is 7.86. The molecule has 0 bridgehead atoms. The monoisotopic (exact) mass is 292 g/mol. The summed E-state index contributed by atoms with van der Waals surface area (Å²) in [5.41, 5.74) is 6.79. The minimum Gasteiger partial charge on any atom is -0.460 e. The normalized spacial score (nSPS) is 10.6. The van der Waals surface area contributed by atoms with Gasteiger partial charge < -0.3 is 20.5 Å². The highest BCUT2D eigenvalue weighted by atomic mass is 16.6. The molecule has 1 aromatic rings. The zero-order chi connectivity index (χ0) is 15.5. The molecular formula is C15H20N2O4. The highest BCUT2D eigenvalue weighted by molar-refractivity contribution is 5.89. The van der Waals surface area contributed by atoms with Gasteiger partial charge in [-0.25, -0.2) is 4.79 Å². The number of rotatable bonds is 8. The zero-order valence-corrected chi connectivity index (χ0v) is 12.0. The molecule has 0 atom stereocenters. The lowest BCUT2D eigenvalue weighted by Gasteiger charge is -2.03. The Morgan fingerprint density at radius 1 is 1.19 bits per heavy atom. The maximum absolute atomic E-state index is 11.4. The predicted molar refractivity (Wildman–Crippen MR) is 80.6 cm³/mol. The molecule has 6 heteroatoms. The molecule has 1 aromatic carbocycles. The fourth-order valence-electron chi connectivity index (χ4n) is 1.48. The Kier molecular flexibility index (Phi) is 7.78. The largest absolute Gasteiger partial charge is 0.460 e. The molecule has 0 aliphatic rings. The second kappa shape index (κ2) is 9.68. The van der Waals surface area contributed by atoms with Gasteiger partial charge in [0.15, 0.2) is 0 Å². The van der Waals surface area contributed by atoms with E-state index in [2.05, 4.69) is 5.32 Å². The van der Waals surface area contributed by atoms with Crippen LogP contribution in [-0.4, -0.2) is 38.2 Å². The summed E-state index contributed by atoms with van der Waals surface area (Å²) in [6.07, 6.45) is 2.98. The second-order valence-electron chi connectivity index (χ2n) is 4.21. The number of carbonyl (C=O) groups is 2. The molecule has 3 N–H and O–H groups in total. The SMILES string of the molecule is CC(=O)Nc1ccc(/C=C/C(=O)OCCOCCN)cc1. The lowest BCUT2D eigenvalue weighted by molar-refractivity contribution is -0.139. The van der Waals surface area contributed by atoms with Crippen molar-refractivity contribution in [3.8, 4) is 0 Å². The number of carbonyl (C=O) groups excluding carboxylic acids is 2. The fraction of sp³-hybridized carbons (Fsp3) is 0.333. The van der Waals surface area contributed by atoms with Crippen LogP contribution >= 0.6 is 0 Å². The van der Waals surface area contributed by atoms with Crippen LogP contribution in [0.2, 0.25) is 0 Å². The molecule has 0 saturated carbocycles. The summed E-state index contributed by atoms with van der Waals surface area (Å²) in [4.78, 5) is 22.3. The molecule has 0 aliphatic heterocycles. The van der Waals surface area contributed by atoms with Gasteiger partial charge in [-0.15, -0.1) is 0 Å². The summed E-state index contributed by atoms with van der Waals surface area (Å²) in [6.45, 7) is 2.88. The van der Waals surface area contributed by atoms with Gasteiger partial charge in [-0.3, -0.25) is 4.79 Å². The quantitative estimate of drug-likeness (QED) is 0.426. The van der Waals surface area contributed by atoms with Gasteiger partial charge in [0, 0.05) is 25.2 Å². The molecule has 0 aliphatic carbocycles. The summed E-state index contributed by atoms with van der Waals surface area (Å²) >= 11 is 0. The number of hydrogen-bond acceptors (Lipinski definition) is 5. The lowest BCUT2D eigenvalue weighted by atomic mass is 10.2. The second-order valence-corrected chi connectivity index (χ2v) is 4.21. The van der Waals surface area contributed by atoms with Gasteiger partial charge in [0.05, 0.1) is 13.2 Å². The first-order valence-electron chi connectivity index (χ1n) is 6.62. The van der Waals surface area contributed by atoms with Crippen LogP contribution in [0.1, 0.15) is 12.5 Å². The van der Waals surface area contributed by atoms with Gasteiger partial charge in [0.25, 0.3) is 0 Å². The maximum atomic E-state index is 11.4. The van der Waals surface area contributed by atoms with E-state index >= 15 is 0 Å². The number of nitrogens with two attached hydrogens (primary N) is 1. The molecule has 1 amide bonds. The van der Waals surface area contributed by atoms with Crippen molar-refractivity contribution in [3.63, 3.8) is 0 Å². The summed E-state index contributed by atoms with van der Waals surface area (Å²) in [6, 6.07) is 7.10. The van der Waals surface area contributed by atoms with Crippen LogP contribution in [0.4, 0.5) is 5.69 Å². The minimum atomic E-state index is -0.433. The molecule has 0 fully saturated rings. The van der Waals surface area contributed by atoms with E-state index in [-0.39, 0.29) is 12.5 Å². The fourth-order valence-corrected chi connectivity index (χ4v) is 1.48. The molecule has 0 unspecified atom stereocenters. The van der Waals surface area contributed by atoms with Crippen molar-refractivity contribution < 1.29 is 19.1 Å². The smallest absolute Gasteiger partial charge is 0.330 e. The summed E-state index contributed by atoms with van der Waals surface area (Å²) in [5, 5.41) is 2.66. The van der Waals surface area contributed by atoms with Crippen LogP contribution in [0.5, 0.6) is 0 Å². The van der Waals surface area contributed by atoms with Crippen molar-refractivity contribution in [1.82, 2.24) is 0 Å². The summed E-state index contributed by atoms with van der Waals surface area (Å²) in [5.74, 6) is -0.559. The number of benzene rings is 1. The lowest BCUT2D eigenvalue weighted by Crippen LogP contribution is -2.13. The van der Waals surface area contributed by atoms with Crippen LogP contribution in [0.25, 0.3) is 6.08 Å². The molecule has 0 aromatic heterocycles. The molecule has 0 spiro atoms. The van der Waals surface area contributed by atoms with E-state index < -0.39 is 5.97 Å². The molecule has 6 nitrogen and oxygen atoms in total. The average molecular weight is 292 g/mol. The predicted octanol–water partition coefficient (Wildman–Crippen LogP) is 1.18. The number of ether oxygens (including phenoxy) is 2. The maximum Gasteiger partial charge on any atom is 0.330 e. The minimum absolute atomic E-state index is 0.126. The van der Waals surface area contributed by atoms with E-state index in [4.69, 9.17) is 15.2 Å². The number of esters is 1. The van der Waals surface area contributed by atoms with Crippen LogP contribution in [0.15, 0.2) is 30.3 Å². The highest BCUT2D eigenvalue weighted by Crippen LogP contribution is 2.10. The Balaban J connectivity index is 2.34. The standard InChI is InChI=1S/C15H20N2O4/c1-12(18)17-14-5-2-13(3-6-14)4-7-15(19)21-11-10-20-9-8-16/h2-7H,8-11,16H2,1H3,(H,17,18)/b7-4+.